The molecule has 3 rings (SSSR count). The van der Waals surface area contributed by atoms with Gasteiger partial charge in [-0.25, -0.2) is 18.6 Å². The summed E-state index contributed by atoms with van der Waals surface area (Å²) >= 11 is 5.70. The molecular formula is C17H15ClF2N2O3. The second-order valence-corrected chi connectivity index (χ2v) is 6.24. The molecular weight excluding hydrogens is 354 g/mol. The first kappa shape index (κ1) is 17.4. The average Bonchev–Trinajstić information content (AvgIpc) is 2.56. The maximum Gasteiger partial charge on any atom is 0.348 e. The molecule has 0 unspecified atom stereocenters. The monoisotopic (exact) mass is 368 g/mol. The number of aromatic nitrogens is 1. The van der Waals surface area contributed by atoms with Crippen LogP contribution in [0.1, 0.15) is 12.8 Å². The number of hydrogen-bond donors (Lipinski definition) is 1. The van der Waals surface area contributed by atoms with Gasteiger partial charge in [-0.05, 0) is 18.2 Å². The zero-order chi connectivity index (χ0) is 18.0. The molecule has 1 aromatic carbocycles. The van der Waals surface area contributed by atoms with Gasteiger partial charge in [0.2, 0.25) is 5.60 Å². The Bertz CT molecular complexity index is 795. The highest BCUT2D eigenvalue weighted by Gasteiger charge is 2.44. The summed E-state index contributed by atoms with van der Waals surface area (Å²) in [7, 11) is 0. The summed E-state index contributed by atoms with van der Waals surface area (Å²) < 4.78 is 32.9. The molecule has 1 aliphatic heterocycles. The lowest BCUT2D eigenvalue weighted by Gasteiger charge is -2.39. The van der Waals surface area contributed by atoms with Crippen molar-refractivity contribution in [2.45, 2.75) is 18.4 Å². The summed E-state index contributed by atoms with van der Waals surface area (Å²) in [5.41, 5.74) is -1.49. The van der Waals surface area contributed by atoms with Crippen LogP contribution in [-0.2, 0) is 4.79 Å². The molecule has 2 heterocycles. The van der Waals surface area contributed by atoms with Crippen LogP contribution in [0.25, 0.3) is 0 Å². The van der Waals surface area contributed by atoms with Crippen molar-refractivity contribution in [3.63, 3.8) is 0 Å². The number of benzene rings is 1. The van der Waals surface area contributed by atoms with Crippen molar-refractivity contribution >= 4 is 23.4 Å². The number of anilines is 1. The molecule has 132 valence electrons. The lowest BCUT2D eigenvalue weighted by Crippen LogP contribution is -2.53. The molecule has 25 heavy (non-hydrogen) atoms. The number of rotatable bonds is 4. The highest BCUT2D eigenvalue weighted by Crippen LogP contribution is 2.32. The Morgan fingerprint density at radius 3 is 2.60 bits per heavy atom. The molecule has 0 aliphatic carbocycles. The van der Waals surface area contributed by atoms with Gasteiger partial charge in [-0.3, -0.25) is 0 Å². The average molecular weight is 369 g/mol. The quantitative estimate of drug-likeness (QED) is 0.894. The summed E-state index contributed by atoms with van der Waals surface area (Å²) in [6.45, 7) is 0.459. The summed E-state index contributed by atoms with van der Waals surface area (Å²) in [4.78, 5) is 17.4. The van der Waals surface area contributed by atoms with E-state index in [2.05, 4.69) is 4.98 Å². The van der Waals surface area contributed by atoms with Gasteiger partial charge in [0.05, 0.1) is 5.02 Å². The third-order valence-corrected chi connectivity index (χ3v) is 4.36. The predicted octanol–water partition coefficient (Wildman–Crippen LogP) is 3.52. The minimum absolute atomic E-state index is 0.0998. The highest BCUT2D eigenvalue weighted by atomic mass is 35.5. The minimum Gasteiger partial charge on any atom is -0.478 e. The molecule has 1 fully saturated rings. The first-order valence-corrected chi connectivity index (χ1v) is 8.01. The van der Waals surface area contributed by atoms with E-state index in [4.69, 9.17) is 16.3 Å². The number of ether oxygens (including phenoxy) is 1. The Kier molecular flexibility index (Phi) is 4.76. The van der Waals surface area contributed by atoms with Gasteiger partial charge in [-0.15, -0.1) is 0 Å². The van der Waals surface area contributed by atoms with Crippen LogP contribution < -0.4 is 9.64 Å². The van der Waals surface area contributed by atoms with E-state index in [1.54, 1.807) is 4.90 Å². The maximum atomic E-state index is 14.0. The van der Waals surface area contributed by atoms with Gasteiger partial charge in [-0.2, -0.15) is 0 Å². The second kappa shape index (κ2) is 6.84. The van der Waals surface area contributed by atoms with Crippen LogP contribution in [0.2, 0.25) is 5.02 Å². The largest absolute Gasteiger partial charge is 0.478 e. The lowest BCUT2D eigenvalue weighted by atomic mass is 9.91. The molecule has 1 aromatic heterocycles. The molecule has 0 spiro atoms. The summed E-state index contributed by atoms with van der Waals surface area (Å²) in [6, 6.07) is 6.49. The van der Waals surface area contributed by atoms with Crippen LogP contribution in [0.15, 0.2) is 36.5 Å². The van der Waals surface area contributed by atoms with Gasteiger partial charge in [0.15, 0.2) is 11.6 Å². The fourth-order valence-electron chi connectivity index (χ4n) is 2.84. The van der Waals surface area contributed by atoms with E-state index in [0.717, 1.165) is 12.1 Å². The van der Waals surface area contributed by atoms with Gasteiger partial charge >= 0.3 is 5.97 Å². The van der Waals surface area contributed by atoms with E-state index < -0.39 is 23.2 Å². The first-order valence-electron chi connectivity index (χ1n) is 7.64. The summed E-state index contributed by atoms with van der Waals surface area (Å²) in [5, 5.41) is 9.81. The summed E-state index contributed by atoms with van der Waals surface area (Å²) in [5.74, 6) is -1.95. The SMILES string of the molecule is O=C(O)C1(Oc2cccc(F)c2)CCN(c2ncc(Cl)cc2F)CC1. The van der Waals surface area contributed by atoms with Gasteiger partial charge in [0, 0.05) is 38.2 Å². The van der Waals surface area contributed by atoms with Crippen LogP contribution >= 0.6 is 11.6 Å². The topological polar surface area (TPSA) is 62.7 Å². The van der Waals surface area contributed by atoms with Crippen molar-refractivity contribution in [3.05, 3.63) is 53.2 Å². The number of carboxylic acids is 1. The van der Waals surface area contributed by atoms with Crippen molar-refractivity contribution in [2.24, 2.45) is 0 Å². The molecule has 0 amide bonds. The molecule has 8 heteroatoms. The van der Waals surface area contributed by atoms with Gasteiger partial charge in [0.1, 0.15) is 11.6 Å². The number of aliphatic carboxylic acids is 1. The van der Waals surface area contributed by atoms with E-state index in [9.17, 15) is 18.7 Å². The minimum atomic E-state index is -1.49. The molecule has 0 bridgehead atoms. The standard InChI is InChI=1S/C17H15ClF2N2O3/c18-11-8-14(20)15(21-10-11)22-6-4-17(5-7-22,16(23)24)25-13-3-1-2-12(19)9-13/h1-3,8-10H,4-7H2,(H,23,24). The molecule has 0 radical (unpaired) electrons. The third kappa shape index (κ3) is 3.66. The fraction of sp³-hybridized carbons (Fsp3) is 0.294. The zero-order valence-corrected chi connectivity index (χ0v) is 13.8. The predicted molar refractivity (Wildman–Crippen MR) is 88.0 cm³/mol. The van der Waals surface area contributed by atoms with Crippen LogP contribution in [0, 0.1) is 11.6 Å². The Hall–Kier alpha value is -2.41. The third-order valence-electron chi connectivity index (χ3n) is 4.16. The molecule has 1 saturated heterocycles. The number of nitrogens with zero attached hydrogens (tertiary/aromatic N) is 2. The molecule has 0 saturated carbocycles. The van der Waals surface area contributed by atoms with Crippen LogP contribution in [0.4, 0.5) is 14.6 Å². The van der Waals surface area contributed by atoms with Crippen molar-refractivity contribution in [2.75, 3.05) is 18.0 Å². The Labute approximate surface area is 147 Å². The van der Waals surface area contributed by atoms with Crippen molar-refractivity contribution in [1.82, 2.24) is 4.98 Å². The van der Waals surface area contributed by atoms with E-state index in [-0.39, 0.29) is 42.5 Å². The number of carboxylic acid groups (broad SMARTS) is 1. The molecule has 0 atom stereocenters. The van der Waals surface area contributed by atoms with Crippen molar-refractivity contribution < 1.29 is 23.4 Å². The number of piperidine rings is 1. The Balaban J connectivity index is 1.77. The Morgan fingerprint density at radius 2 is 2.00 bits per heavy atom. The zero-order valence-electron chi connectivity index (χ0n) is 13.1. The molecule has 1 N–H and O–H groups in total. The number of halogens is 3. The summed E-state index contributed by atoms with van der Waals surface area (Å²) in [6.07, 6.45) is 1.54. The normalized spacial score (nSPS) is 16.5. The smallest absolute Gasteiger partial charge is 0.348 e. The second-order valence-electron chi connectivity index (χ2n) is 5.80. The number of pyridine rings is 1. The van der Waals surface area contributed by atoms with Crippen molar-refractivity contribution in [3.8, 4) is 5.75 Å². The van der Waals surface area contributed by atoms with Gasteiger partial charge < -0.3 is 14.7 Å². The van der Waals surface area contributed by atoms with Gasteiger partial charge in [-0.1, -0.05) is 17.7 Å². The highest BCUT2D eigenvalue weighted by molar-refractivity contribution is 6.30. The number of hydrogen-bond acceptors (Lipinski definition) is 4. The Morgan fingerprint density at radius 1 is 1.28 bits per heavy atom. The molecule has 1 aliphatic rings. The molecule has 5 nitrogen and oxygen atoms in total. The first-order chi connectivity index (χ1) is 11.9. The van der Waals surface area contributed by atoms with Crippen molar-refractivity contribution in [1.29, 1.82) is 0 Å². The van der Waals surface area contributed by atoms with E-state index in [0.29, 0.717) is 0 Å². The van der Waals surface area contributed by atoms with E-state index >= 15 is 0 Å². The van der Waals surface area contributed by atoms with Gasteiger partial charge in [0.25, 0.3) is 0 Å². The van der Waals surface area contributed by atoms with Crippen LogP contribution in [0.3, 0.4) is 0 Å². The van der Waals surface area contributed by atoms with Crippen LogP contribution in [-0.4, -0.2) is 34.8 Å². The van der Waals surface area contributed by atoms with E-state index in [1.807, 2.05) is 0 Å². The number of carbonyl (C=O) groups is 1. The fourth-order valence-corrected chi connectivity index (χ4v) is 2.98. The maximum absolute atomic E-state index is 14.0. The van der Waals surface area contributed by atoms with Crippen LogP contribution in [0.5, 0.6) is 5.75 Å². The molecule has 2 aromatic rings. The lowest BCUT2D eigenvalue weighted by molar-refractivity contribution is -0.157. The van der Waals surface area contributed by atoms with E-state index in [1.165, 1.54) is 24.4 Å².